The van der Waals surface area contributed by atoms with Gasteiger partial charge in [0, 0.05) is 17.9 Å². The SMILES string of the molecule is CS(=O)(=O)c1nc(N)n2nc(-c3cc(F)cc(F)c3)nc2n1. The van der Waals surface area contributed by atoms with Crippen molar-refractivity contribution in [3.05, 3.63) is 29.8 Å². The van der Waals surface area contributed by atoms with E-state index in [1.165, 1.54) is 0 Å². The number of hydrogen-bond donors (Lipinski definition) is 1. The summed E-state index contributed by atoms with van der Waals surface area (Å²) in [7, 11) is -3.69. The summed E-state index contributed by atoms with van der Waals surface area (Å²) >= 11 is 0. The molecule has 0 unspecified atom stereocenters. The van der Waals surface area contributed by atoms with Crippen molar-refractivity contribution in [2.24, 2.45) is 0 Å². The third-order valence-electron chi connectivity index (χ3n) is 2.67. The Balaban J connectivity index is 2.24. The van der Waals surface area contributed by atoms with Gasteiger partial charge in [-0.05, 0) is 12.1 Å². The summed E-state index contributed by atoms with van der Waals surface area (Å²) < 4.78 is 50.4. The van der Waals surface area contributed by atoms with E-state index in [1.807, 2.05) is 0 Å². The molecule has 22 heavy (non-hydrogen) atoms. The molecule has 3 rings (SSSR count). The van der Waals surface area contributed by atoms with Gasteiger partial charge in [-0.15, -0.1) is 5.10 Å². The lowest BCUT2D eigenvalue weighted by molar-refractivity contribution is 0.583. The molecule has 0 aliphatic heterocycles. The largest absolute Gasteiger partial charge is 0.368 e. The normalized spacial score (nSPS) is 12.0. The molecular formula is C11H8F2N6O2S. The standard InChI is InChI=1S/C11H8F2N6O2S/c1-22(20,21)11-16-9(14)19-10(17-11)15-8(18-19)5-2-6(12)4-7(13)3-5/h2-4H,1H3,(H2,14,15,16,17,18). The Bertz CT molecular complexity index is 981. The van der Waals surface area contributed by atoms with Gasteiger partial charge in [-0.3, -0.25) is 0 Å². The Kier molecular flexibility index (Phi) is 3.02. The van der Waals surface area contributed by atoms with Gasteiger partial charge in [-0.25, -0.2) is 17.2 Å². The summed E-state index contributed by atoms with van der Waals surface area (Å²) in [6.07, 6.45) is 0.914. The van der Waals surface area contributed by atoms with Crippen LogP contribution in [-0.2, 0) is 9.84 Å². The van der Waals surface area contributed by atoms with E-state index >= 15 is 0 Å². The first-order valence-corrected chi connectivity index (χ1v) is 7.70. The molecular weight excluding hydrogens is 318 g/mol. The molecule has 114 valence electrons. The number of benzene rings is 1. The number of nitrogens with two attached hydrogens (primary N) is 1. The zero-order chi connectivity index (χ0) is 16.1. The number of nitrogen functional groups attached to an aromatic ring is 1. The predicted molar refractivity (Wildman–Crippen MR) is 71.5 cm³/mol. The average molecular weight is 326 g/mol. The highest BCUT2D eigenvalue weighted by molar-refractivity contribution is 7.90. The van der Waals surface area contributed by atoms with Gasteiger partial charge < -0.3 is 5.73 Å². The van der Waals surface area contributed by atoms with E-state index in [1.54, 1.807) is 0 Å². The number of hydrogen-bond acceptors (Lipinski definition) is 7. The van der Waals surface area contributed by atoms with Crippen LogP contribution in [0.5, 0.6) is 0 Å². The van der Waals surface area contributed by atoms with Crippen LogP contribution in [0.1, 0.15) is 0 Å². The predicted octanol–water partition coefficient (Wildman–Crippen LogP) is 0.450. The number of anilines is 1. The number of fused-ring (bicyclic) bond motifs is 1. The van der Waals surface area contributed by atoms with Crippen LogP contribution in [-0.4, -0.2) is 39.2 Å². The average Bonchev–Trinajstić information content (AvgIpc) is 2.81. The Morgan fingerprint density at radius 2 is 1.73 bits per heavy atom. The lowest BCUT2D eigenvalue weighted by atomic mass is 10.2. The van der Waals surface area contributed by atoms with Crippen molar-refractivity contribution in [1.82, 2.24) is 24.6 Å². The first-order valence-electron chi connectivity index (χ1n) is 5.81. The van der Waals surface area contributed by atoms with Gasteiger partial charge in [0.25, 0.3) is 10.9 Å². The van der Waals surface area contributed by atoms with Crippen LogP contribution < -0.4 is 5.73 Å². The smallest absolute Gasteiger partial charge is 0.258 e. The second-order valence-corrected chi connectivity index (χ2v) is 6.35. The van der Waals surface area contributed by atoms with Gasteiger partial charge in [-0.1, -0.05) is 0 Å². The molecule has 0 radical (unpaired) electrons. The van der Waals surface area contributed by atoms with Gasteiger partial charge in [0.1, 0.15) is 11.6 Å². The zero-order valence-corrected chi connectivity index (χ0v) is 11.8. The number of halogens is 2. The number of nitrogens with zero attached hydrogens (tertiary/aromatic N) is 5. The van der Waals surface area contributed by atoms with E-state index in [4.69, 9.17) is 5.73 Å². The number of rotatable bonds is 2. The second-order valence-electron chi connectivity index (χ2n) is 4.44. The monoisotopic (exact) mass is 326 g/mol. The molecule has 2 aromatic heterocycles. The third kappa shape index (κ3) is 2.45. The number of sulfone groups is 1. The Labute approximate surface area is 122 Å². The zero-order valence-electron chi connectivity index (χ0n) is 11.0. The molecule has 2 N–H and O–H groups in total. The Morgan fingerprint density at radius 1 is 1.09 bits per heavy atom. The van der Waals surface area contributed by atoms with E-state index in [0.717, 1.165) is 22.9 Å². The maximum absolute atomic E-state index is 13.2. The summed E-state index contributed by atoms with van der Waals surface area (Å²) in [5.74, 6) is -2.08. The molecule has 0 spiro atoms. The van der Waals surface area contributed by atoms with Crippen LogP contribution in [0.15, 0.2) is 23.4 Å². The van der Waals surface area contributed by atoms with Crippen molar-refractivity contribution < 1.29 is 17.2 Å². The molecule has 0 saturated carbocycles. The molecule has 0 amide bonds. The molecule has 0 aliphatic carbocycles. The summed E-state index contributed by atoms with van der Waals surface area (Å²) in [6.45, 7) is 0. The second kappa shape index (κ2) is 4.66. The fourth-order valence-electron chi connectivity index (χ4n) is 1.76. The van der Waals surface area contributed by atoms with Crippen LogP contribution in [0.4, 0.5) is 14.7 Å². The molecule has 0 fully saturated rings. The Morgan fingerprint density at radius 3 is 2.32 bits per heavy atom. The highest BCUT2D eigenvalue weighted by atomic mass is 32.2. The van der Waals surface area contributed by atoms with E-state index in [9.17, 15) is 17.2 Å². The molecule has 0 aliphatic rings. The third-order valence-corrected chi connectivity index (χ3v) is 3.51. The van der Waals surface area contributed by atoms with Crippen LogP contribution in [0, 0.1) is 11.6 Å². The molecule has 0 saturated heterocycles. The maximum Gasteiger partial charge on any atom is 0.258 e. The number of aromatic nitrogens is 5. The fraction of sp³-hybridized carbons (Fsp3) is 0.0909. The van der Waals surface area contributed by atoms with Crippen molar-refractivity contribution in [1.29, 1.82) is 0 Å². The lowest BCUT2D eigenvalue weighted by Gasteiger charge is -1.99. The maximum atomic E-state index is 13.2. The summed E-state index contributed by atoms with van der Waals surface area (Å²) in [5.41, 5.74) is 5.66. The first kappa shape index (κ1) is 14.3. The minimum Gasteiger partial charge on any atom is -0.368 e. The van der Waals surface area contributed by atoms with Gasteiger partial charge in [0.05, 0.1) is 0 Å². The quantitative estimate of drug-likeness (QED) is 0.726. The topological polar surface area (TPSA) is 116 Å². The van der Waals surface area contributed by atoms with Gasteiger partial charge in [0.15, 0.2) is 5.82 Å². The fourth-order valence-corrected chi connectivity index (χ4v) is 2.26. The van der Waals surface area contributed by atoms with E-state index in [2.05, 4.69) is 20.1 Å². The van der Waals surface area contributed by atoms with Crippen molar-refractivity contribution >= 4 is 21.6 Å². The van der Waals surface area contributed by atoms with Crippen molar-refractivity contribution in [3.8, 4) is 11.4 Å². The molecule has 0 atom stereocenters. The molecule has 3 aromatic rings. The van der Waals surface area contributed by atoms with Crippen molar-refractivity contribution in [2.75, 3.05) is 12.0 Å². The molecule has 2 heterocycles. The highest BCUT2D eigenvalue weighted by Crippen LogP contribution is 2.19. The molecule has 11 heteroatoms. The lowest BCUT2D eigenvalue weighted by Crippen LogP contribution is -2.11. The summed E-state index contributed by atoms with van der Waals surface area (Å²) in [5, 5.41) is 3.40. The van der Waals surface area contributed by atoms with Gasteiger partial charge in [0.2, 0.25) is 15.8 Å². The van der Waals surface area contributed by atoms with E-state index < -0.39 is 26.6 Å². The van der Waals surface area contributed by atoms with Crippen molar-refractivity contribution in [2.45, 2.75) is 5.16 Å². The van der Waals surface area contributed by atoms with Gasteiger partial charge in [-0.2, -0.15) is 19.5 Å². The highest BCUT2D eigenvalue weighted by Gasteiger charge is 2.18. The first-order chi connectivity index (χ1) is 10.2. The molecule has 0 bridgehead atoms. The minimum absolute atomic E-state index is 0.0586. The van der Waals surface area contributed by atoms with Crippen LogP contribution in [0.25, 0.3) is 17.2 Å². The van der Waals surface area contributed by atoms with Crippen molar-refractivity contribution in [3.63, 3.8) is 0 Å². The van der Waals surface area contributed by atoms with Crippen LogP contribution in [0.3, 0.4) is 0 Å². The van der Waals surface area contributed by atoms with E-state index in [-0.39, 0.29) is 23.1 Å². The molecule has 8 nitrogen and oxygen atoms in total. The van der Waals surface area contributed by atoms with Gasteiger partial charge >= 0.3 is 0 Å². The van der Waals surface area contributed by atoms with E-state index in [0.29, 0.717) is 6.07 Å². The minimum atomic E-state index is -3.69. The van der Waals surface area contributed by atoms with Crippen LogP contribution in [0.2, 0.25) is 0 Å². The molecule has 1 aromatic carbocycles. The van der Waals surface area contributed by atoms with Crippen LogP contribution >= 0.6 is 0 Å². The summed E-state index contributed by atoms with van der Waals surface area (Å²) in [6, 6.07) is 2.76. The summed E-state index contributed by atoms with van der Waals surface area (Å²) in [4.78, 5) is 11.2. The Hall–Kier alpha value is -2.69.